The van der Waals surface area contributed by atoms with Crippen LogP contribution in [0.3, 0.4) is 0 Å². The predicted molar refractivity (Wildman–Crippen MR) is 400 cm³/mol. The van der Waals surface area contributed by atoms with Crippen molar-refractivity contribution in [3.63, 3.8) is 0 Å². The maximum absolute atomic E-state index is 13.1. The first-order valence-electron chi connectivity index (χ1n) is 40.7. The van der Waals surface area contributed by atoms with Gasteiger partial charge in [-0.15, -0.1) is 0 Å². The predicted octanol–water partition coefficient (Wildman–Crippen LogP) is 23.2. The molecule has 0 aliphatic carbocycles. The number of carbonyl (C=O) groups excluding carboxylic acids is 4. The van der Waals surface area contributed by atoms with E-state index in [0.29, 0.717) is 37.5 Å². The molecule has 19 heteroatoms. The second-order valence-electron chi connectivity index (χ2n) is 30.1. The van der Waals surface area contributed by atoms with Gasteiger partial charge in [-0.25, -0.2) is 9.13 Å². The molecule has 17 nitrogen and oxygen atoms in total. The third-order valence-corrected chi connectivity index (χ3v) is 20.6. The highest BCUT2D eigenvalue weighted by molar-refractivity contribution is 7.47. The molecular weight excluding hydrogens is 1280 g/mol. The summed E-state index contributed by atoms with van der Waals surface area (Å²) in [5, 5.41) is 10.6. The first-order chi connectivity index (χ1) is 47.1. The monoisotopic (exact) mass is 1440 g/mol. The van der Waals surface area contributed by atoms with Crippen molar-refractivity contribution in [2.75, 3.05) is 39.6 Å². The lowest BCUT2D eigenvalue weighted by molar-refractivity contribution is -0.161. The molecule has 0 aromatic rings. The van der Waals surface area contributed by atoms with Crippen molar-refractivity contribution < 1.29 is 80.2 Å². The van der Waals surface area contributed by atoms with Gasteiger partial charge in [0.2, 0.25) is 0 Å². The molecule has 98 heavy (non-hydrogen) atoms. The fourth-order valence-corrected chi connectivity index (χ4v) is 13.6. The Morgan fingerprint density at radius 1 is 0.286 bits per heavy atom. The first-order valence-corrected chi connectivity index (χ1v) is 43.7. The third kappa shape index (κ3) is 71.1. The Balaban J connectivity index is 5.12. The van der Waals surface area contributed by atoms with E-state index in [1.807, 2.05) is 0 Å². The van der Waals surface area contributed by atoms with Crippen molar-refractivity contribution in [2.24, 2.45) is 23.7 Å². The molecule has 6 atom stereocenters. The van der Waals surface area contributed by atoms with E-state index in [4.69, 9.17) is 37.0 Å². The van der Waals surface area contributed by atoms with Gasteiger partial charge in [-0.05, 0) is 49.4 Å². The summed E-state index contributed by atoms with van der Waals surface area (Å²) in [5.74, 6) is 0.920. The lowest BCUT2D eigenvalue weighted by Gasteiger charge is -2.21. The quantitative estimate of drug-likeness (QED) is 0.0222. The Morgan fingerprint density at radius 2 is 0.490 bits per heavy atom. The number of carbonyl (C=O) groups is 4. The fourth-order valence-electron chi connectivity index (χ4n) is 12.0. The summed E-state index contributed by atoms with van der Waals surface area (Å²) in [4.78, 5) is 72.8. The van der Waals surface area contributed by atoms with Gasteiger partial charge in [-0.1, -0.05) is 351 Å². The van der Waals surface area contributed by atoms with Gasteiger partial charge >= 0.3 is 39.5 Å². The molecule has 3 N–H and O–H groups in total. The third-order valence-electron chi connectivity index (χ3n) is 18.7. The van der Waals surface area contributed by atoms with Gasteiger partial charge in [0.1, 0.15) is 19.3 Å². The van der Waals surface area contributed by atoms with Crippen LogP contribution in [0.2, 0.25) is 0 Å². The molecule has 0 aliphatic heterocycles. The average Bonchev–Trinajstić information content (AvgIpc) is 1.03. The van der Waals surface area contributed by atoms with Crippen LogP contribution >= 0.6 is 15.6 Å². The molecule has 0 fully saturated rings. The molecule has 582 valence electrons. The molecule has 0 aliphatic rings. The zero-order valence-electron chi connectivity index (χ0n) is 64.4. The molecule has 0 radical (unpaired) electrons. The van der Waals surface area contributed by atoms with Crippen LogP contribution in [0.1, 0.15) is 402 Å². The topological polar surface area (TPSA) is 237 Å². The Bertz CT molecular complexity index is 1920. The van der Waals surface area contributed by atoms with Gasteiger partial charge in [0.15, 0.2) is 12.2 Å². The van der Waals surface area contributed by atoms with E-state index < -0.39 is 97.5 Å². The highest BCUT2D eigenvalue weighted by Crippen LogP contribution is 2.45. The van der Waals surface area contributed by atoms with Crippen molar-refractivity contribution in [3.05, 3.63) is 0 Å². The molecule has 0 aromatic heterocycles. The van der Waals surface area contributed by atoms with Gasteiger partial charge in [-0.2, -0.15) is 0 Å². The van der Waals surface area contributed by atoms with E-state index >= 15 is 0 Å². The molecule has 0 saturated heterocycles. The van der Waals surface area contributed by atoms with Crippen molar-refractivity contribution in [3.8, 4) is 0 Å². The number of esters is 4. The summed E-state index contributed by atoms with van der Waals surface area (Å²) < 4.78 is 68.5. The molecule has 4 unspecified atom stereocenters. The molecule has 0 rings (SSSR count). The number of ether oxygens (including phenoxy) is 4. The number of phosphoric acid groups is 2. The summed E-state index contributed by atoms with van der Waals surface area (Å²) in [6.45, 7) is 14.2. The van der Waals surface area contributed by atoms with Gasteiger partial charge in [0.25, 0.3) is 0 Å². The summed E-state index contributed by atoms with van der Waals surface area (Å²) in [7, 11) is -9.91. The summed E-state index contributed by atoms with van der Waals surface area (Å²) in [5.41, 5.74) is 0. The zero-order valence-corrected chi connectivity index (χ0v) is 66.2. The van der Waals surface area contributed by atoms with Crippen LogP contribution in [0, 0.1) is 23.7 Å². The van der Waals surface area contributed by atoms with Crippen molar-refractivity contribution >= 4 is 39.5 Å². The maximum Gasteiger partial charge on any atom is 0.472 e. The fraction of sp³-hybridized carbons (Fsp3) is 0.949. The van der Waals surface area contributed by atoms with E-state index in [1.165, 1.54) is 199 Å². The number of aliphatic hydroxyl groups is 1. The van der Waals surface area contributed by atoms with E-state index in [-0.39, 0.29) is 25.7 Å². The normalized spacial score (nSPS) is 14.3. The minimum Gasteiger partial charge on any atom is -0.462 e. The molecule has 0 spiro atoms. The SMILES string of the molecule is CCC(C)CCCCCCCCCCCCCCCCC(=O)O[C@H](COC(=O)CCCCCCCCCC(C)C)COP(=O)(O)OCC(O)COP(=O)(O)OC[C@@H](COC(=O)CCCCCCCCCCCCCCCCCCCCC(C)C)OC(=O)CCCCCCCCC(C)C. The van der Waals surface area contributed by atoms with Crippen molar-refractivity contribution in [2.45, 2.75) is 420 Å². The van der Waals surface area contributed by atoms with Crippen molar-refractivity contribution in [1.29, 1.82) is 0 Å². The van der Waals surface area contributed by atoms with Gasteiger partial charge in [0.05, 0.1) is 26.4 Å². The van der Waals surface area contributed by atoms with Crippen LogP contribution < -0.4 is 0 Å². The second kappa shape index (κ2) is 68.2. The van der Waals surface area contributed by atoms with E-state index in [0.717, 1.165) is 108 Å². The molecule has 0 saturated carbocycles. The van der Waals surface area contributed by atoms with Crippen LogP contribution in [-0.4, -0.2) is 96.7 Å². The first kappa shape index (κ1) is 96.1. The molecular formula is C79H154O17P2. The standard InChI is InChI=1S/C79H154O17P2/c1-9-72(8)58-50-42-33-27-23-19-16-17-21-25-29-35-45-53-61-78(83)95-74(65-90-77(82)60-52-44-36-30-32-40-48-56-70(4)5)67-93-97(85,86)91-63-73(80)64-92-98(87,88)94-68-75(96-79(84)62-54-46-38-37-41-49-57-71(6)7)66-89-76(81)59-51-43-34-28-24-20-15-13-11-10-12-14-18-22-26-31-39-47-55-69(2)3/h69-75,80H,9-68H2,1-8H3,(H,85,86)(H,87,88)/t72?,73?,74-,75-/m1/s1. The Kier molecular flexibility index (Phi) is 66.8. The van der Waals surface area contributed by atoms with Crippen LogP contribution in [0.25, 0.3) is 0 Å². The van der Waals surface area contributed by atoms with Crippen molar-refractivity contribution in [1.82, 2.24) is 0 Å². The Hall–Kier alpha value is -1.94. The van der Waals surface area contributed by atoms with E-state index in [1.54, 1.807) is 0 Å². The largest absolute Gasteiger partial charge is 0.472 e. The Labute approximate surface area is 600 Å². The van der Waals surface area contributed by atoms with Gasteiger partial charge < -0.3 is 33.8 Å². The van der Waals surface area contributed by atoms with Crippen LogP contribution in [0.5, 0.6) is 0 Å². The lowest BCUT2D eigenvalue weighted by atomic mass is 9.99. The number of unbranched alkanes of at least 4 members (excludes halogenated alkanes) is 41. The minimum atomic E-state index is -4.96. The number of hydrogen-bond acceptors (Lipinski definition) is 15. The molecule has 0 heterocycles. The molecule has 0 aromatic carbocycles. The minimum absolute atomic E-state index is 0.102. The summed E-state index contributed by atoms with van der Waals surface area (Å²) in [6, 6.07) is 0. The van der Waals surface area contributed by atoms with E-state index in [9.17, 15) is 43.2 Å². The second-order valence-corrected chi connectivity index (χ2v) is 33.0. The number of rotatable bonds is 76. The van der Waals surface area contributed by atoms with E-state index in [2.05, 4.69) is 55.4 Å². The number of phosphoric ester groups is 2. The smallest absolute Gasteiger partial charge is 0.462 e. The van der Waals surface area contributed by atoms with Crippen LogP contribution in [-0.2, 0) is 65.4 Å². The average molecular weight is 1440 g/mol. The molecule has 0 amide bonds. The van der Waals surface area contributed by atoms with Gasteiger partial charge in [0, 0.05) is 25.7 Å². The summed E-state index contributed by atoms with van der Waals surface area (Å²) in [6.07, 6.45) is 54.5. The Morgan fingerprint density at radius 3 is 0.724 bits per heavy atom. The highest BCUT2D eigenvalue weighted by Gasteiger charge is 2.30. The number of hydrogen-bond donors (Lipinski definition) is 3. The maximum atomic E-state index is 13.1. The van der Waals surface area contributed by atoms with Crippen LogP contribution in [0.4, 0.5) is 0 Å². The lowest BCUT2D eigenvalue weighted by Crippen LogP contribution is -2.30. The summed E-state index contributed by atoms with van der Waals surface area (Å²) >= 11 is 0. The zero-order chi connectivity index (χ0) is 72.4. The highest BCUT2D eigenvalue weighted by atomic mass is 31.2. The molecule has 0 bridgehead atoms. The van der Waals surface area contributed by atoms with Crippen LogP contribution in [0.15, 0.2) is 0 Å². The van der Waals surface area contributed by atoms with Gasteiger partial charge in [-0.3, -0.25) is 37.3 Å². The number of aliphatic hydroxyl groups excluding tert-OH is 1.